The second-order valence-electron chi connectivity index (χ2n) is 7.16. The van der Waals surface area contributed by atoms with Crippen molar-refractivity contribution in [3.05, 3.63) is 12.3 Å². The Morgan fingerprint density at radius 3 is 1.33 bits per heavy atom. The van der Waals surface area contributed by atoms with E-state index >= 15 is 0 Å². The van der Waals surface area contributed by atoms with Gasteiger partial charge in [0.15, 0.2) is 0 Å². The van der Waals surface area contributed by atoms with Crippen molar-refractivity contribution in [1.82, 2.24) is 0 Å². The molecular weight excluding hydrogens is 312 g/mol. The van der Waals surface area contributed by atoms with Crippen molar-refractivity contribution >= 4 is 8.56 Å². The van der Waals surface area contributed by atoms with Gasteiger partial charge >= 0.3 is 8.56 Å². The van der Waals surface area contributed by atoms with Gasteiger partial charge in [-0.25, -0.2) is 0 Å². The van der Waals surface area contributed by atoms with Gasteiger partial charge in [-0.2, -0.15) is 0 Å². The summed E-state index contributed by atoms with van der Waals surface area (Å²) in [5.74, 6) is 0. The zero-order chi connectivity index (χ0) is 17.9. The van der Waals surface area contributed by atoms with E-state index in [1.807, 2.05) is 5.70 Å². The number of rotatable bonds is 19. The van der Waals surface area contributed by atoms with Gasteiger partial charge in [0.2, 0.25) is 0 Å². The minimum absolute atomic E-state index is 0.826. The Morgan fingerprint density at radius 1 is 0.625 bits per heavy atom. The van der Waals surface area contributed by atoms with Gasteiger partial charge in [0.1, 0.15) is 0 Å². The summed E-state index contributed by atoms with van der Waals surface area (Å²) in [7, 11) is -2.11. The van der Waals surface area contributed by atoms with Crippen molar-refractivity contribution in [3.8, 4) is 0 Å². The van der Waals surface area contributed by atoms with Crippen molar-refractivity contribution < 1.29 is 8.85 Å². The van der Waals surface area contributed by atoms with E-state index in [1.54, 1.807) is 0 Å². The minimum Gasteiger partial charge on any atom is -0.391 e. The van der Waals surface area contributed by atoms with Crippen LogP contribution in [0, 0.1) is 0 Å². The molecule has 1 atom stereocenters. The van der Waals surface area contributed by atoms with Crippen LogP contribution in [0.3, 0.4) is 0 Å². The lowest BCUT2D eigenvalue weighted by molar-refractivity contribution is 0.177. The molecule has 0 saturated heterocycles. The fourth-order valence-corrected chi connectivity index (χ4v) is 4.25. The Labute approximate surface area is 153 Å². The van der Waals surface area contributed by atoms with Gasteiger partial charge in [0.05, 0.1) is 0 Å². The maximum absolute atomic E-state index is 6.06. The highest BCUT2D eigenvalue weighted by atomic mass is 28.4. The van der Waals surface area contributed by atoms with Crippen molar-refractivity contribution in [2.24, 2.45) is 0 Å². The summed E-state index contributed by atoms with van der Waals surface area (Å²) in [5, 5.41) is 0. The first-order chi connectivity index (χ1) is 11.7. The third-order valence-electron chi connectivity index (χ3n) is 4.64. The molecule has 0 fully saturated rings. The number of unbranched alkanes of at least 4 members (excludes halogenated alkanes) is 12. The Hall–Kier alpha value is -0.123. The van der Waals surface area contributed by atoms with Gasteiger partial charge in [0, 0.05) is 13.2 Å². The van der Waals surface area contributed by atoms with Crippen LogP contribution in [0.15, 0.2) is 12.3 Å². The Balaban J connectivity index is 3.46. The van der Waals surface area contributed by atoms with Crippen LogP contribution < -0.4 is 0 Å². The topological polar surface area (TPSA) is 18.5 Å². The molecule has 0 aromatic rings. The van der Waals surface area contributed by atoms with Crippen LogP contribution in [0.25, 0.3) is 0 Å². The molecule has 0 bridgehead atoms. The Kier molecular flexibility index (Phi) is 17.6. The maximum atomic E-state index is 6.06. The fourth-order valence-electron chi connectivity index (χ4n) is 2.83. The van der Waals surface area contributed by atoms with E-state index in [0.717, 1.165) is 26.1 Å². The molecule has 0 N–H and O–H groups in total. The summed E-state index contributed by atoms with van der Waals surface area (Å²) in [6, 6.07) is 0. The molecule has 3 heteroatoms. The van der Waals surface area contributed by atoms with Crippen LogP contribution in [-0.4, -0.2) is 21.8 Å². The van der Waals surface area contributed by atoms with Crippen LogP contribution in [0.1, 0.15) is 104 Å². The summed E-state index contributed by atoms with van der Waals surface area (Å²) in [6.07, 6.45) is 18.6. The van der Waals surface area contributed by atoms with Gasteiger partial charge in [-0.3, -0.25) is 0 Å². The zero-order valence-electron chi connectivity index (χ0n) is 16.9. The molecular formula is C21H44O2Si. The summed E-state index contributed by atoms with van der Waals surface area (Å²) < 4.78 is 12.1. The predicted octanol–water partition coefficient (Wildman–Crippen LogP) is 7.32. The van der Waals surface area contributed by atoms with Gasteiger partial charge in [-0.05, 0) is 25.1 Å². The van der Waals surface area contributed by atoms with Crippen LogP contribution in [0.5, 0.6) is 0 Å². The average molecular weight is 357 g/mol. The van der Waals surface area contributed by atoms with Crippen LogP contribution >= 0.6 is 0 Å². The molecule has 0 heterocycles. The fraction of sp³-hybridized carbons (Fsp3) is 0.905. The number of hydrogen-bond acceptors (Lipinski definition) is 2. The lowest BCUT2D eigenvalue weighted by atomic mass is 10.1. The molecule has 0 spiro atoms. The molecule has 0 amide bonds. The van der Waals surface area contributed by atoms with Crippen LogP contribution in [-0.2, 0) is 8.85 Å². The maximum Gasteiger partial charge on any atom is 0.361 e. The van der Waals surface area contributed by atoms with Crippen molar-refractivity contribution in [1.29, 1.82) is 0 Å². The summed E-state index contributed by atoms with van der Waals surface area (Å²) >= 11 is 0. The molecule has 2 nitrogen and oxygen atoms in total. The Bertz CT molecular complexity index is 271. The second-order valence-corrected chi connectivity index (χ2v) is 10.2. The highest BCUT2D eigenvalue weighted by molar-refractivity contribution is 6.71. The average Bonchev–Trinajstić information content (AvgIpc) is 2.59. The molecule has 1 unspecified atom stereocenters. The van der Waals surface area contributed by atoms with Crippen molar-refractivity contribution in [2.75, 3.05) is 13.2 Å². The minimum atomic E-state index is -2.11. The first kappa shape index (κ1) is 23.9. The molecule has 0 aliphatic rings. The quantitative estimate of drug-likeness (QED) is 0.178. The van der Waals surface area contributed by atoms with Gasteiger partial charge in [0.25, 0.3) is 0 Å². The second kappa shape index (κ2) is 17.7. The van der Waals surface area contributed by atoms with Gasteiger partial charge in [-0.1, -0.05) is 90.9 Å². The van der Waals surface area contributed by atoms with Gasteiger partial charge in [-0.15, -0.1) is 6.58 Å². The van der Waals surface area contributed by atoms with E-state index in [-0.39, 0.29) is 0 Å². The molecule has 24 heavy (non-hydrogen) atoms. The van der Waals surface area contributed by atoms with E-state index < -0.39 is 8.56 Å². The smallest absolute Gasteiger partial charge is 0.361 e. The number of hydrogen-bond donors (Lipinski definition) is 0. The first-order valence-corrected chi connectivity index (χ1v) is 13.0. The summed E-state index contributed by atoms with van der Waals surface area (Å²) in [6.45, 7) is 12.2. The molecule has 144 valence electrons. The highest BCUT2D eigenvalue weighted by Crippen LogP contribution is 2.13. The molecule has 0 aliphatic heterocycles. The molecule has 0 rings (SSSR count). The standard InChI is InChI=1S/C21H44O2Si/c1-5-8-10-12-13-14-15-16-17-19-21-23-24(4,7-3)22-20-18-11-9-6-2/h7H,3,5-6,8-21H2,1-2,4H3. The van der Waals surface area contributed by atoms with Gasteiger partial charge < -0.3 is 8.85 Å². The van der Waals surface area contributed by atoms with Crippen LogP contribution in [0.4, 0.5) is 0 Å². The molecule has 0 aromatic carbocycles. The lowest BCUT2D eigenvalue weighted by Crippen LogP contribution is -2.37. The van der Waals surface area contributed by atoms with E-state index in [0.29, 0.717) is 0 Å². The van der Waals surface area contributed by atoms with E-state index in [4.69, 9.17) is 8.85 Å². The lowest BCUT2D eigenvalue weighted by Gasteiger charge is -2.23. The largest absolute Gasteiger partial charge is 0.391 e. The molecule has 0 saturated carbocycles. The van der Waals surface area contributed by atoms with Crippen molar-refractivity contribution in [3.63, 3.8) is 0 Å². The van der Waals surface area contributed by atoms with Crippen LogP contribution in [0.2, 0.25) is 6.55 Å². The summed E-state index contributed by atoms with van der Waals surface area (Å²) in [4.78, 5) is 0. The Morgan fingerprint density at radius 2 is 0.958 bits per heavy atom. The molecule has 0 radical (unpaired) electrons. The zero-order valence-corrected chi connectivity index (χ0v) is 17.9. The molecule has 0 aliphatic carbocycles. The normalized spacial score (nSPS) is 13.8. The highest BCUT2D eigenvalue weighted by Gasteiger charge is 2.26. The first-order valence-electron chi connectivity index (χ1n) is 10.6. The SMILES string of the molecule is C=C[Si](C)(OCCCCCC)OCCCCCCCCCCCC. The third kappa shape index (κ3) is 15.4. The predicted molar refractivity (Wildman–Crippen MR) is 110 cm³/mol. The van der Waals surface area contributed by atoms with E-state index in [1.165, 1.54) is 77.0 Å². The van der Waals surface area contributed by atoms with E-state index in [9.17, 15) is 0 Å². The monoisotopic (exact) mass is 356 g/mol. The molecule has 0 aromatic heterocycles. The van der Waals surface area contributed by atoms with E-state index in [2.05, 4.69) is 27.0 Å². The van der Waals surface area contributed by atoms with Crippen molar-refractivity contribution in [2.45, 2.75) is 110 Å². The third-order valence-corrected chi connectivity index (χ3v) is 6.94. The summed E-state index contributed by atoms with van der Waals surface area (Å²) in [5.41, 5.74) is 1.93.